The van der Waals surface area contributed by atoms with Crippen molar-refractivity contribution in [2.45, 2.75) is 46.5 Å². The Bertz CT molecular complexity index is 161. The second-order valence-corrected chi connectivity index (χ2v) is 3.32. The van der Waals surface area contributed by atoms with Gasteiger partial charge in [-0.3, -0.25) is 9.59 Å². The van der Waals surface area contributed by atoms with Crippen LogP contribution in [0.25, 0.3) is 0 Å². The van der Waals surface area contributed by atoms with Gasteiger partial charge in [-0.25, -0.2) is 0 Å². The van der Waals surface area contributed by atoms with Crippen molar-refractivity contribution in [3.63, 3.8) is 0 Å². The van der Waals surface area contributed by atoms with Gasteiger partial charge in [-0.1, -0.05) is 33.1 Å². The van der Waals surface area contributed by atoms with Crippen LogP contribution >= 0.6 is 0 Å². The van der Waals surface area contributed by atoms with Crippen LogP contribution in [0.1, 0.15) is 46.5 Å². The fourth-order valence-corrected chi connectivity index (χ4v) is 1.18. The second-order valence-electron chi connectivity index (χ2n) is 3.32. The van der Waals surface area contributed by atoms with E-state index >= 15 is 0 Å². The van der Waals surface area contributed by atoms with E-state index < -0.39 is 0 Å². The normalized spacial score (nSPS) is 12.6. The van der Waals surface area contributed by atoms with E-state index in [2.05, 4.69) is 6.92 Å². The van der Waals surface area contributed by atoms with E-state index in [0.29, 0.717) is 0 Å². The first-order valence-electron chi connectivity index (χ1n) is 4.64. The van der Waals surface area contributed by atoms with Crippen LogP contribution in [0.4, 0.5) is 0 Å². The molecule has 0 amide bonds. The van der Waals surface area contributed by atoms with Crippen molar-refractivity contribution in [2.75, 3.05) is 0 Å². The third-order valence-corrected chi connectivity index (χ3v) is 2.04. The van der Waals surface area contributed by atoms with E-state index in [1.807, 2.05) is 6.92 Å². The number of unbranched alkanes of at least 4 members (excludes halogenated alkanes) is 2. The van der Waals surface area contributed by atoms with Crippen LogP contribution in [0.2, 0.25) is 0 Å². The van der Waals surface area contributed by atoms with E-state index in [1.165, 1.54) is 6.92 Å². The molecule has 0 bridgehead atoms. The van der Waals surface area contributed by atoms with Crippen LogP contribution in [0.5, 0.6) is 0 Å². The summed E-state index contributed by atoms with van der Waals surface area (Å²) in [6.45, 7) is 5.30. The highest BCUT2D eigenvalue weighted by molar-refractivity contribution is 6.36. The second kappa shape index (κ2) is 5.92. The van der Waals surface area contributed by atoms with Crippen LogP contribution < -0.4 is 0 Å². The summed E-state index contributed by atoms with van der Waals surface area (Å²) in [6, 6.07) is 0. The Morgan fingerprint density at radius 2 is 1.83 bits per heavy atom. The van der Waals surface area contributed by atoms with Gasteiger partial charge in [0.15, 0.2) is 5.78 Å². The van der Waals surface area contributed by atoms with Crippen molar-refractivity contribution in [1.82, 2.24) is 0 Å². The molecule has 0 heterocycles. The zero-order valence-corrected chi connectivity index (χ0v) is 8.22. The van der Waals surface area contributed by atoms with Crippen LogP contribution in [0, 0.1) is 5.92 Å². The van der Waals surface area contributed by atoms with Crippen LogP contribution in [-0.4, -0.2) is 11.6 Å². The molecule has 2 nitrogen and oxygen atoms in total. The highest BCUT2D eigenvalue weighted by Crippen LogP contribution is 2.10. The van der Waals surface area contributed by atoms with Crippen molar-refractivity contribution in [3.05, 3.63) is 0 Å². The molecule has 0 aromatic rings. The average Bonchev–Trinajstić information content (AvgIpc) is 2.03. The number of hydrogen-bond acceptors (Lipinski definition) is 2. The predicted molar refractivity (Wildman–Crippen MR) is 49.0 cm³/mol. The van der Waals surface area contributed by atoms with E-state index in [4.69, 9.17) is 0 Å². The minimum atomic E-state index is -0.306. The molecule has 1 atom stereocenters. The lowest BCUT2D eigenvalue weighted by Crippen LogP contribution is -2.18. The van der Waals surface area contributed by atoms with Crippen LogP contribution in [-0.2, 0) is 9.59 Å². The third-order valence-electron chi connectivity index (χ3n) is 2.04. The Morgan fingerprint density at radius 1 is 1.25 bits per heavy atom. The Hall–Kier alpha value is -0.660. The van der Waals surface area contributed by atoms with Crippen LogP contribution in [0.3, 0.4) is 0 Å². The summed E-state index contributed by atoms with van der Waals surface area (Å²) < 4.78 is 0. The molecule has 0 aliphatic rings. The SMILES string of the molecule is CCCCCC(C)C(=O)C(C)=O. The molecule has 0 N–H and O–H groups in total. The van der Waals surface area contributed by atoms with E-state index in [1.54, 1.807) is 0 Å². The molecule has 12 heavy (non-hydrogen) atoms. The molecule has 0 aliphatic heterocycles. The molecule has 2 heteroatoms. The van der Waals surface area contributed by atoms with E-state index in [9.17, 15) is 9.59 Å². The van der Waals surface area contributed by atoms with Crippen molar-refractivity contribution >= 4 is 11.6 Å². The third kappa shape index (κ3) is 4.27. The minimum Gasteiger partial charge on any atom is -0.291 e. The molecule has 0 rings (SSSR count). The maximum absolute atomic E-state index is 11.1. The van der Waals surface area contributed by atoms with Crippen molar-refractivity contribution < 1.29 is 9.59 Å². The number of carbonyl (C=O) groups is 2. The average molecular weight is 170 g/mol. The number of Topliss-reactive ketones (excluding diaryl/α,β-unsaturated/α-hetero) is 2. The van der Waals surface area contributed by atoms with Gasteiger partial charge in [0.25, 0.3) is 0 Å². The fraction of sp³-hybridized carbons (Fsp3) is 0.800. The van der Waals surface area contributed by atoms with Gasteiger partial charge in [0.2, 0.25) is 5.78 Å². The molecular weight excluding hydrogens is 152 g/mol. The molecule has 0 saturated carbocycles. The molecule has 0 radical (unpaired) electrons. The van der Waals surface area contributed by atoms with Gasteiger partial charge in [0.1, 0.15) is 0 Å². The monoisotopic (exact) mass is 170 g/mol. The Balaban J connectivity index is 3.64. The lowest BCUT2D eigenvalue weighted by Gasteiger charge is -2.06. The lowest BCUT2D eigenvalue weighted by molar-refractivity contribution is -0.137. The van der Waals surface area contributed by atoms with Gasteiger partial charge < -0.3 is 0 Å². The molecule has 0 aromatic heterocycles. The topological polar surface area (TPSA) is 34.1 Å². The smallest absolute Gasteiger partial charge is 0.200 e. The number of rotatable bonds is 6. The standard InChI is InChI=1S/C10H18O2/c1-4-5-6-7-8(2)10(12)9(3)11/h8H,4-7H2,1-3H3. The van der Waals surface area contributed by atoms with Gasteiger partial charge >= 0.3 is 0 Å². The predicted octanol–water partition coefficient (Wildman–Crippen LogP) is 2.36. The van der Waals surface area contributed by atoms with Crippen molar-refractivity contribution in [3.8, 4) is 0 Å². The summed E-state index contributed by atoms with van der Waals surface area (Å²) in [7, 11) is 0. The molecule has 70 valence electrons. The van der Waals surface area contributed by atoms with Gasteiger partial charge in [0, 0.05) is 12.8 Å². The molecule has 0 aliphatic carbocycles. The molecular formula is C10H18O2. The zero-order valence-electron chi connectivity index (χ0n) is 8.22. The highest BCUT2D eigenvalue weighted by Gasteiger charge is 2.16. The fourth-order valence-electron chi connectivity index (χ4n) is 1.18. The Morgan fingerprint density at radius 3 is 2.25 bits per heavy atom. The summed E-state index contributed by atoms with van der Waals surface area (Å²) in [5.74, 6) is -0.598. The summed E-state index contributed by atoms with van der Waals surface area (Å²) in [4.78, 5) is 21.8. The summed E-state index contributed by atoms with van der Waals surface area (Å²) in [5.41, 5.74) is 0. The first-order chi connectivity index (χ1) is 5.59. The van der Waals surface area contributed by atoms with Gasteiger partial charge in [-0.15, -0.1) is 0 Å². The number of hydrogen-bond donors (Lipinski definition) is 0. The largest absolute Gasteiger partial charge is 0.291 e. The van der Waals surface area contributed by atoms with E-state index in [0.717, 1.165) is 25.7 Å². The molecule has 0 spiro atoms. The van der Waals surface area contributed by atoms with Crippen LogP contribution in [0.15, 0.2) is 0 Å². The highest BCUT2D eigenvalue weighted by atomic mass is 16.2. The summed E-state index contributed by atoms with van der Waals surface area (Å²) >= 11 is 0. The molecule has 0 aromatic carbocycles. The summed E-state index contributed by atoms with van der Waals surface area (Å²) in [6.07, 6.45) is 4.21. The Kier molecular flexibility index (Phi) is 5.60. The van der Waals surface area contributed by atoms with Crippen molar-refractivity contribution in [2.24, 2.45) is 5.92 Å². The lowest BCUT2D eigenvalue weighted by atomic mass is 9.97. The first kappa shape index (κ1) is 11.3. The van der Waals surface area contributed by atoms with E-state index in [-0.39, 0.29) is 17.5 Å². The summed E-state index contributed by atoms with van der Waals surface area (Å²) in [5, 5.41) is 0. The number of carbonyl (C=O) groups excluding carboxylic acids is 2. The maximum atomic E-state index is 11.1. The maximum Gasteiger partial charge on any atom is 0.200 e. The Labute approximate surface area is 74.3 Å². The van der Waals surface area contributed by atoms with Crippen molar-refractivity contribution in [1.29, 1.82) is 0 Å². The van der Waals surface area contributed by atoms with Gasteiger partial charge in [-0.05, 0) is 6.42 Å². The minimum absolute atomic E-state index is 0.0750. The molecule has 0 saturated heterocycles. The number of ketones is 2. The van der Waals surface area contributed by atoms with Gasteiger partial charge in [-0.2, -0.15) is 0 Å². The first-order valence-corrected chi connectivity index (χ1v) is 4.64. The molecule has 1 unspecified atom stereocenters. The quantitative estimate of drug-likeness (QED) is 0.453. The molecule has 0 fully saturated rings. The zero-order chi connectivity index (χ0) is 9.56. The van der Waals surface area contributed by atoms with Gasteiger partial charge in [0.05, 0.1) is 0 Å².